The van der Waals surface area contributed by atoms with E-state index in [2.05, 4.69) is 62.3 Å². The van der Waals surface area contributed by atoms with Gasteiger partial charge in [-0.1, -0.05) is 101 Å². The van der Waals surface area contributed by atoms with Crippen molar-refractivity contribution in [2.45, 2.75) is 110 Å². The summed E-state index contributed by atoms with van der Waals surface area (Å²) in [7, 11) is 4.31. The second kappa shape index (κ2) is 18.0. The monoisotopic (exact) mass is 385 g/mol. The van der Waals surface area contributed by atoms with Crippen molar-refractivity contribution in [1.82, 2.24) is 4.90 Å². The molecule has 0 radical (unpaired) electrons. The van der Waals surface area contributed by atoms with Crippen LogP contribution in [0.2, 0.25) is 0 Å². The third-order valence-electron chi connectivity index (χ3n) is 5.56. The van der Waals surface area contributed by atoms with Crippen LogP contribution < -0.4 is 0 Å². The Balaban J connectivity index is 1.93. The van der Waals surface area contributed by atoms with E-state index < -0.39 is 0 Å². The molecule has 28 heavy (non-hydrogen) atoms. The lowest BCUT2D eigenvalue weighted by Gasteiger charge is -2.14. The molecule has 0 aromatic heterocycles. The predicted molar refractivity (Wildman–Crippen MR) is 127 cm³/mol. The summed E-state index contributed by atoms with van der Waals surface area (Å²) in [5.41, 5.74) is 3.05. The van der Waals surface area contributed by atoms with E-state index in [9.17, 15) is 0 Å². The highest BCUT2D eigenvalue weighted by molar-refractivity contribution is 5.27. The summed E-state index contributed by atoms with van der Waals surface area (Å²) >= 11 is 0. The van der Waals surface area contributed by atoms with Crippen LogP contribution >= 0.6 is 0 Å². The predicted octanol–water partition coefficient (Wildman–Crippen LogP) is 8.33. The average molecular weight is 386 g/mol. The second-order valence-corrected chi connectivity index (χ2v) is 8.69. The third kappa shape index (κ3) is 14.0. The molecule has 0 heterocycles. The standard InChI is InChI=1S/C27H47N/c1-4-5-6-7-8-9-10-11-12-13-14-15-16-17-18-19-22-26-23-20-21-24-27(26)25-28(2)3/h11-12,20-21,23-24H,4-10,13-19,22,25H2,1-3H3. The van der Waals surface area contributed by atoms with Gasteiger partial charge in [0.1, 0.15) is 0 Å². The highest BCUT2D eigenvalue weighted by Gasteiger charge is 2.02. The van der Waals surface area contributed by atoms with E-state index >= 15 is 0 Å². The van der Waals surface area contributed by atoms with Gasteiger partial charge in [-0.25, -0.2) is 0 Å². The Morgan fingerprint density at radius 3 is 1.71 bits per heavy atom. The molecule has 1 heteroatoms. The molecule has 0 spiro atoms. The zero-order valence-corrected chi connectivity index (χ0v) is 19.2. The van der Waals surface area contributed by atoms with Crippen molar-refractivity contribution in [1.29, 1.82) is 0 Å². The summed E-state index contributed by atoms with van der Waals surface area (Å²) in [6, 6.07) is 8.96. The van der Waals surface area contributed by atoms with Gasteiger partial charge in [-0.2, -0.15) is 0 Å². The Morgan fingerprint density at radius 1 is 0.643 bits per heavy atom. The van der Waals surface area contributed by atoms with Crippen LogP contribution in [-0.2, 0) is 13.0 Å². The van der Waals surface area contributed by atoms with Crippen molar-refractivity contribution in [2.75, 3.05) is 14.1 Å². The van der Waals surface area contributed by atoms with Crippen molar-refractivity contribution in [3.05, 3.63) is 47.5 Å². The van der Waals surface area contributed by atoms with Crippen molar-refractivity contribution in [3.63, 3.8) is 0 Å². The van der Waals surface area contributed by atoms with Crippen LogP contribution in [-0.4, -0.2) is 19.0 Å². The Labute approximate surface area is 176 Å². The van der Waals surface area contributed by atoms with Crippen molar-refractivity contribution in [2.24, 2.45) is 0 Å². The Hall–Kier alpha value is -1.08. The maximum absolute atomic E-state index is 2.42. The summed E-state index contributed by atoms with van der Waals surface area (Å²) in [5, 5.41) is 0. The van der Waals surface area contributed by atoms with Crippen LogP contribution in [0.15, 0.2) is 36.4 Å². The van der Waals surface area contributed by atoms with Crippen molar-refractivity contribution >= 4 is 0 Å². The lowest BCUT2D eigenvalue weighted by molar-refractivity contribution is 0.400. The van der Waals surface area contributed by atoms with Gasteiger partial charge in [0.2, 0.25) is 0 Å². The number of benzene rings is 1. The van der Waals surface area contributed by atoms with Crippen molar-refractivity contribution < 1.29 is 0 Å². The maximum Gasteiger partial charge on any atom is 0.0230 e. The summed E-state index contributed by atoms with van der Waals surface area (Å²) in [5.74, 6) is 0. The van der Waals surface area contributed by atoms with Gasteiger partial charge in [-0.15, -0.1) is 0 Å². The number of hydrogen-bond acceptors (Lipinski definition) is 1. The van der Waals surface area contributed by atoms with Crippen molar-refractivity contribution in [3.8, 4) is 0 Å². The molecule has 0 aliphatic rings. The quantitative estimate of drug-likeness (QED) is 0.181. The number of unbranched alkanes of at least 4 members (excludes halogenated alkanes) is 12. The first-order valence-electron chi connectivity index (χ1n) is 12.1. The summed E-state index contributed by atoms with van der Waals surface area (Å²) in [6.07, 6.45) is 25.4. The molecule has 1 nitrogen and oxygen atoms in total. The summed E-state index contributed by atoms with van der Waals surface area (Å²) < 4.78 is 0. The SMILES string of the molecule is CCCCCCCCC=CCCCCCCCCc1ccccc1CN(C)C. The van der Waals surface area contributed by atoms with Crippen LogP contribution in [0.25, 0.3) is 0 Å². The van der Waals surface area contributed by atoms with Crippen LogP contribution in [0, 0.1) is 0 Å². The Kier molecular flexibility index (Phi) is 16.0. The minimum absolute atomic E-state index is 1.06. The number of allylic oxidation sites excluding steroid dienone is 2. The molecule has 0 saturated heterocycles. The molecule has 0 atom stereocenters. The van der Waals surface area contributed by atoms with Crippen LogP contribution in [0.4, 0.5) is 0 Å². The van der Waals surface area contributed by atoms with Gasteiger partial charge in [0, 0.05) is 6.54 Å². The third-order valence-corrected chi connectivity index (χ3v) is 5.56. The molecule has 1 rings (SSSR count). The van der Waals surface area contributed by atoms with Gasteiger partial charge in [0.05, 0.1) is 0 Å². The molecule has 0 bridgehead atoms. The molecule has 0 aliphatic carbocycles. The Morgan fingerprint density at radius 2 is 1.14 bits per heavy atom. The van der Waals surface area contributed by atoms with Gasteiger partial charge in [0.25, 0.3) is 0 Å². The van der Waals surface area contributed by atoms with Gasteiger partial charge in [-0.3, -0.25) is 0 Å². The minimum atomic E-state index is 1.06. The topological polar surface area (TPSA) is 3.24 Å². The zero-order valence-electron chi connectivity index (χ0n) is 19.2. The van der Waals surface area contributed by atoms with Crippen LogP contribution in [0.1, 0.15) is 108 Å². The average Bonchev–Trinajstić information content (AvgIpc) is 2.68. The summed E-state index contributed by atoms with van der Waals surface area (Å²) in [4.78, 5) is 2.26. The largest absolute Gasteiger partial charge is 0.305 e. The van der Waals surface area contributed by atoms with E-state index in [4.69, 9.17) is 0 Å². The highest BCUT2D eigenvalue weighted by atomic mass is 15.0. The highest BCUT2D eigenvalue weighted by Crippen LogP contribution is 2.15. The minimum Gasteiger partial charge on any atom is -0.305 e. The fraction of sp³-hybridized carbons (Fsp3) is 0.704. The molecule has 1 aromatic carbocycles. The number of nitrogens with zero attached hydrogens (tertiary/aromatic N) is 1. The van der Waals surface area contributed by atoms with E-state index in [0.717, 1.165) is 6.54 Å². The molecule has 0 N–H and O–H groups in total. The second-order valence-electron chi connectivity index (χ2n) is 8.69. The van der Waals surface area contributed by atoms with E-state index in [-0.39, 0.29) is 0 Å². The first-order valence-corrected chi connectivity index (χ1v) is 12.1. The normalized spacial score (nSPS) is 11.7. The smallest absolute Gasteiger partial charge is 0.0230 e. The zero-order chi connectivity index (χ0) is 20.3. The van der Waals surface area contributed by atoms with E-state index in [1.165, 1.54) is 102 Å². The molecule has 0 fully saturated rings. The fourth-order valence-corrected chi connectivity index (χ4v) is 3.86. The van der Waals surface area contributed by atoms with E-state index in [0.29, 0.717) is 0 Å². The van der Waals surface area contributed by atoms with E-state index in [1.807, 2.05) is 0 Å². The number of rotatable bonds is 18. The lowest BCUT2D eigenvalue weighted by Crippen LogP contribution is -2.12. The molecule has 0 unspecified atom stereocenters. The molecule has 0 aliphatic heterocycles. The van der Waals surface area contributed by atoms with Gasteiger partial charge < -0.3 is 4.90 Å². The molecular formula is C27H47N. The number of hydrogen-bond donors (Lipinski definition) is 0. The summed E-state index contributed by atoms with van der Waals surface area (Å²) in [6.45, 7) is 3.35. The first-order chi connectivity index (χ1) is 13.7. The van der Waals surface area contributed by atoms with Gasteiger partial charge >= 0.3 is 0 Å². The molecule has 0 amide bonds. The fourth-order valence-electron chi connectivity index (χ4n) is 3.86. The molecule has 0 saturated carbocycles. The maximum atomic E-state index is 2.42. The van der Waals surface area contributed by atoms with E-state index in [1.54, 1.807) is 5.56 Å². The molecule has 1 aromatic rings. The van der Waals surface area contributed by atoms with Crippen LogP contribution in [0.3, 0.4) is 0 Å². The molecular weight excluding hydrogens is 338 g/mol. The van der Waals surface area contributed by atoms with Gasteiger partial charge in [-0.05, 0) is 63.7 Å². The first kappa shape index (κ1) is 25.0. The number of aryl methyl sites for hydroxylation is 1. The lowest BCUT2D eigenvalue weighted by atomic mass is 10.00. The molecule has 160 valence electrons. The Bertz CT molecular complexity index is 489. The van der Waals surface area contributed by atoms with Crippen LogP contribution in [0.5, 0.6) is 0 Å². The van der Waals surface area contributed by atoms with Gasteiger partial charge in [0.15, 0.2) is 0 Å².